The van der Waals surface area contributed by atoms with Crippen molar-refractivity contribution in [1.82, 2.24) is 4.98 Å². The highest BCUT2D eigenvalue weighted by molar-refractivity contribution is 6.67. The predicted octanol–water partition coefficient (Wildman–Crippen LogP) is 3.19. The molecule has 76 valence electrons. The average molecular weight is 244 g/mol. The molecule has 1 aromatic heterocycles. The van der Waals surface area contributed by atoms with Crippen LogP contribution in [0.15, 0.2) is 6.07 Å². The number of nitrogens with zero attached hydrogens (tertiary/aromatic N) is 1. The van der Waals surface area contributed by atoms with Crippen LogP contribution in [0, 0.1) is 5.82 Å². The fourth-order valence-electron chi connectivity index (χ4n) is 0.806. The summed E-state index contributed by atoms with van der Waals surface area (Å²) < 4.78 is 37.4. The van der Waals surface area contributed by atoms with Crippen LogP contribution in [0.25, 0.3) is 0 Å². The minimum Gasteiger partial charge on any atom is -0.274 e. The molecule has 0 aliphatic heterocycles. The van der Waals surface area contributed by atoms with Crippen LogP contribution in [0.1, 0.15) is 22.5 Å². The highest BCUT2D eigenvalue weighted by Crippen LogP contribution is 2.26. The summed E-state index contributed by atoms with van der Waals surface area (Å²) in [5.74, 6) is -1.44. The Hall–Kier alpha value is -0.810. The van der Waals surface area contributed by atoms with Crippen LogP contribution in [-0.4, -0.2) is 10.2 Å². The van der Waals surface area contributed by atoms with E-state index in [0.29, 0.717) is 6.07 Å². The molecule has 1 heterocycles. The maximum absolute atomic E-state index is 13.0. The first-order valence-corrected chi connectivity index (χ1v) is 4.03. The number of aromatic nitrogens is 1. The lowest BCUT2D eigenvalue weighted by molar-refractivity contribution is 0.107. The van der Waals surface area contributed by atoms with Crippen molar-refractivity contribution >= 4 is 28.4 Å². The summed E-state index contributed by atoms with van der Waals surface area (Å²) in [5.41, 5.74) is -1.89. The van der Waals surface area contributed by atoms with Gasteiger partial charge in [-0.1, -0.05) is 11.6 Å². The van der Waals surface area contributed by atoms with Gasteiger partial charge in [0.1, 0.15) is 5.15 Å². The molecule has 7 heteroatoms. The molecule has 0 fully saturated rings. The van der Waals surface area contributed by atoms with E-state index < -0.39 is 33.9 Å². The zero-order valence-electron chi connectivity index (χ0n) is 6.40. The summed E-state index contributed by atoms with van der Waals surface area (Å²) in [5, 5.41) is -1.68. The summed E-state index contributed by atoms with van der Waals surface area (Å²) in [6, 6.07) is 0.644. The second kappa shape index (κ2) is 4.14. The molecule has 0 spiro atoms. The van der Waals surface area contributed by atoms with Crippen LogP contribution in [0.3, 0.4) is 0 Å². The van der Waals surface area contributed by atoms with Gasteiger partial charge in [0, 0.05) is 0 Å². The maximum atomic E-state index is 13.0. The van der Waals surface area contributed by atoms with Crippen molar-refractivity contribution in [3.63, 3.8) is 0 Å². The topological polar surface area (TPSA) is 30.0 Å². The third-order valence-electron chi connectivity index (χ3n) is 1.38. The molecule has 0 radical (unpaired) electrons. The van der Waals surface area contributed by atoms with Crippen molar-refractivity contribution in [2.24, 2.45) is 0 Å². The highest BCUT2D eigenvalue weighted by atomic mass is 35.5. The van der Waals surface area contributed by atoms with Crippen LogP contribution in [0.5, 0.6) is 0 Å². The second-order valence-corrected chi connectivity index (χ2v) is 3.00. The molecular weight excluding hydrogens is 242 g/mol. The summed E-state index contributed by atoms with van der Waals surface area (Å²) in [6.45, 7) is 0. The van der Waals surface area contributed by atoms with Crippen LogP contribution in [0.4, 0.5) is 13.2 Å². The highest BCUT2D eigenvalue weighted by Gasteiger charge is 2.22. The first-order valence-electron chi connectivity index (χ1n) is 3.27. The Morgan fingerprint density at radius 2 is 2.07 bits per heavy atom. The third kappa shape index (κ3) is 2.16. The van der Waals surface area contributed by atoms with Crippen molar-refractivity contribution in [2.75, 3.05) is 0 Å². The van der Waals surface area contributed by atoms with Gasteiger partial charge in [0.25, 0.3) is 11.7 Å². The number of rotatable bonds is 2. The number of pyridine rings is 1. The Bertz CT molecular complexity index is 383. The lowest BCUT2D eigenvalue weighted by Crippen LogP contribution is -2.04. The van der Waals surface area contributed by atoms with Crippen LogP contribution < -0.4 is 0 Å². The first kappa shape index (κ1) is 11.3. The summed E-state index contributed by atoms with van der Waals surface area (Å²) in [4.78, 5) is 13.7. The molecule has 0 bridgehead atoms. The van der Waals surface area contributed by atoms with Gasteiger partial charge in [-0.2, -0.15) is 0 Å². The predicted molar refractivity (Wildman–Crippen MR) is 44.3 cm³/mol. The number of hydrogen-bond acceptors (Lipinski definition) is 2. The molecule has 0 saturated carbocycles. The lowest BCUT2D eigenvalue weighted by atomic mass is 10.2. The van der Waals surface area contributed by atoms with Crippen molar-refractivity contribution in [1.29, 1.82) is 0 Å². The van der Waals surface area contributed by atoms with Gasteiger partial charge in [0.15, 0.2) is 11.5 Å². The maximum Gasteiger partial charge on any atom is 0.273 e. The van der Waals surface area contributed by atoms with E-state index in [1.165, 1.54) is 0 Å². The molecular formula is C7H2Cl2F3NO. The van der Waals surface area contributed by atoms with E-state index in [2.05, 4.69) is 4.98 Å². The molecule has 0 aliphatic carbocycles. The van der Waals surface area contributed by atoms with Crippen molar-refractivity contribution in [2.45, 2.75) is 6.43 Å². The lowest BCUT2D eigenvalue weighted by Gasteiger charge is -2.04. The molecule has 0 N–H and O–H groups in total. The molecule has 1 aromatic rings. The Kier molecular flexibility index (Phi) is 3.34. The van der Waals surface area contributed by atoms with E-state index in [1.54, 1.807) is 0 Å². The first-order chi connectivity index (χ1) is 6.43. The smallest absolute Gasteiger partial charge is 0.273 e. The number of carbonyl (C=O) groups is 1. The minimum atomic E-state index is -3.08. The van der Waals surface area contributed by atoms with E-state index in [4.69, 9.17) is 23.2 Å². The van der Waals surface area contributed by atoms with E-state index in [-0.39, 0.29) is 0 Å². The molecule has 2 nitrogen and oxygen atoms in total. The SMILES string of the molecule is O=C(Cl)c1nc(Cl)cc(C(F)F)c1F. The fourth-order valence-corrected chi connectivity index (χ4v) is 1.13. The molecule has 0 amide bonds. The zero-order valence-corrected chi connectivity index (χ0v) is 7.91. The number of alkyl halides is 2. The minimum absolute atomic E-state index is 0.411. The number of halogens is 5. The average Bonchev–Trinajstić information content (AvgIpc) is 2.07. The molecule has 14 heavy (non-hydrogen) atoms. The Balaban J connectivity index is 3.40. The van der Waals surface area contributed by atoms with Gasteiger partial charge in [0.05, 0.1) is 5.56 Å². The van der Waals surface area contributed by atoms with E-state index in [9.17, 15) is 18.0 Å². The van der Waals surface area contributed by atoms with Crippen LogP contribution in [0.2, 0.25) is 5.15 Å². The van der Waals surface area contributed by atoms with Crippen molar-refractivity contribution in [3.8, 4) is 0 Å². The molecule has 0 aliphatic rings. The van der Waals surface area contributed by atoms with Crippen LogP contribution in [-0.2, 0) is 0 Å². The normalized spacial score (nSPS) is 10.7. The molecule has 1 rings (SSSR count). The number of hydrogen-bond donors (Lipinski definition) is 0. The molecule has 0 aromatic carbocycles. The summed E-state index contributed by atoms with van der Waals surface area (Å²) in [7, 11) is 0. The van der Waals surface area contributed by atoms with Crippen molar-refractivity contribution < 1.29 is 18.0 Å². The van der Waals surface area contributed by atoms with Gasteiger partial charge >= 0.3 is 0 Å². The zero-order chi connectivity index (χ0) is 10.9. The Morgan fingerprint density at radius 3 is 2.50 bits per heavy atom. The van der Waals surface area contributed by atoms with E-state index >= 15 is 0 Å². The van der Waals surface area contributed by atoms with Gasteiger partial charge < -0.3 is 0 Å². The molecule has 0 unspecified atom stereocenters. The van der Waals surface area contributed by atoms with E-state index in [0.717, 1.165) is 0 Å². The van der Waals surface area contributed by atoms with Crippen LogP contribution >= 0.6 is 23.2 Å². The second-order valence-electron chi connectivity index (χ2n) is 2.27. The standard InChI is InChI=1S/C7H2Cl2F3NO/c8-3-1-2(7(11)12)4(10)5(13-3)6(9)14/h1,7H. The number of carbonyl (C=O) groups excluding carboxylic acids is 1. The molecule has 0 saturated heterocycles. The Labute approximate surface area is 86.6 Å². The van der Waals surface area contributed by atoms with Gasteiger partial charge in [-0.15, -0.1) is 0 Å². The van der Waals surface area contributed by atoms with Gasteiger partial charge in [0.2, 0.25) is 0 Å². The van der Waals surface area contributed by atoms with Gasteiger partial charge in [-0.05, 0) is 17.7 Å². The quantitative estimate of drug-likeness (QED) is 0.590. The van der Waals surface area contributed by atoms with Gasteiger partial charge in [-0.3, -0.25) is 4.79 Å². The van der Waals surface area contributed by atoms with Crippen molar-refractivity contribution in [3.05, 3.63) is 28.3 Å². The van der Waals surface area contributed by atoms with Gasteiger partial charge in [-0.25, -0.2) is 18.2 Å². The van der Waals surface area contributed by atoms with E-state index in [1.807, 2.05) is 0 Å². The summed E-state index contributed by atoms with van der Waals surface area (Å²) >= 11 is 10.2. The Morgan fingerprint density at radius 1 is 1.50 bits per heavy atom. The molecule has 0 atom stereocenters. The largest absolute Gasteiger partial charge is 0.274 e. The summed E-state index contributed by atoms with van der Waals surface area (Å²) in [6.07, 6.45) is -3.08. The monoisotopic (exact) mass is 243 g/mol. The third-order valence-corrected chi connectivity index (χ3v) is 1.75. The fraction of sp³-hybridized carbons (Fsp3) is 0.143.